The maximum atomic E-state index is 12.5. The second kappa shape index (κ2) is 3.46. The summed E-state index contributed by atoms with van der Waals surface area (Å²) >= 11 is 0. The van der Waals surface area contributed by atoms with Crippen molar-refractivity contribution < 1.29 is 8.78 Å². The van der Waals surface area contributed by atoms with E-state index in [4.69, 9.17) is 0 Å². The first-order valence-corrected chi connectivity index (χ1v) is 3.65. The van der Waals surface area contributed by atoms with Gasteiger partial charge in [-0.15, -0.1) is 0 Å². The maximum absolute atomic E-state index is 12.5. The molecule has 0 bridgehead atoms. The van der Waals surface area contributed by atoms with Crippen LogP contribution in [-0.4, -0.2) is 0 Å². The molecular weight excluding hydrogens is 146 g/mol. The van der Waals surface area contributed by atoms with Gasteiger partial charge in [0.25, 0.3) is 0 Å². The molecule has 0 heterocycles. The molecule has 0 fully saturated rings. The zero-order valence-electron chi connectivity index (χ0n) is 6.40. The first-order valence-electron chi connectivity index (χ1n) is 3.65. The standard InChI is InChI=1S/C9H10F2/c1-2-7-3-5-8(10)9(11)6-4-7/h3,5-6H,2,4H2,1H3. The molecule has 1 aliphatic carbocycles. The van der Waals surface area contributed by atoms with E-state index in [2.05, 4.69) is 0 Å². The Morgan fingerprint density at radius 1 is 1.27 bits per heavy atom. The van der Waals surface area contributed by atoms with Crippen LogP contribution in [0, 0.1) is 0 Å². The van der Waals surface area contributed by atoms with Gasteiger partial charge in [-0.05, 0) is 25.0 Å². The molecule has 0 N–H and O–H groups in total. The molecule has 0 aliphatic heterocycles. The van der Waals surface area contributed by atoms with Crippen LogP contribution in [0.4, 0.5) is 8.78 Å². The average Bonchev–Trinajstić information content (AvgIpc) is 2.16. The first kappa shape index (κ1) is 8.18. The molecule has 11 heavy (non-hydrogen) atoms. The summed E-state index contributed by atoms with van der Waals surface area (Å²) < 4.78 is 25.1. The van der Waals surface area contributed by atoms with Crippen molar-refractivity contribution in [2.75, 3.05) is 0 Å². The lowest BCUT2D eigenvalue weighted by atomic mass is 10.1. The van der Waals surface area contributed by atoms with Gasteiger partial charge < -0.3 is 0 Å². The Bertz CT molecular complexity index is 234. The zero-order chi connectivity index (χ0) is 8.27. The summed E-state index contributed by atoms with van der Waals surface area (Å²) in [5.41, 5.74) is 1.05. The van der Waals surface area contributed by atoms with Crippen LogP contribution in [-0.2, 0) is 0 Å². The highest BCUT2D eigenvalue weighted by Crippen LogP contribution is 2.21. The third-order valence-electron chi connectivity index (χ3n) is 1.69. The molecule has 1 aliphatic rings. The number of halogens is 2. The normalized spacial score (nSPS) is 18.3. The van der Waals surface area contributed by atoms with Crippen LogP contribution in [0.3, 0.4) is 0 Å². The zero-order valence-corrected chi connectivity index (χ0v) is 6.40. The minimum atomic E-state index is -0.770. The van der Waals surface area contributed by atoms with E-state index in [1.54, 1.807) is 6.08 Å². The van der Waals surface area contributed by atoms with Gasteiger partial charge in [-0.25, -0.2) is 8.78 Å². The summed E-state index contributed by atoms with van der Waals surface area (Å²) in [4.78, 5) is 0. The Morgan fingerprint density at radius 2 is 2.00 bits per heavy atom. The van der Waals surface area contributed by atoms with Gasteiger partial charge in [0.05, 0.1) is 0 Å². The smallest absolute Gasteiger partial charge is 0.158 e. The van der Waals surface area contributed by atoms with Crippen LogP contribution < -0.4 is 0 Å². The van der Waals surface area contributed by atoms with Crippen LogP contribution in [0.25, 0.3) is 0 Å². The lowest BCUT2D eigenvalue weighted by Crippen LogP contribution is -1.75. The number of allylic oxidation sites excluding steroid dienone is 6. The van der Waals surface area contributed by atoms with Gasteiger partial charge in [-0.1, -0.05) is 18.6 Å². The first-order chi connectivity index (χ1) is 5.24. The summed E-state index contributed by atoms with van der Waals surface area (Å²) in [6.45, 7) is 1.97. The summed E-state index contributed by atoms with van der Waals surface area (Å²) in [6.07, 6.45) is 5.45. The Hall–Kier alpha value is -0.920. The summed E-state index contributed by atoms with van der Waals surface area (Å²) in [5, 5.41) is 0. The van der Waals surface area contributed by atoms with Crippen molar-refractivity contribution in [2.45, 2.75) is 19.8 Å². The van der Waals surface area contributed by atoms with Crippen LogP contribution in [0.15, 0.2) is 35.5 Å². The number of hydrogen-bond acceptors (Lipinski definition) is 0. The number of hydrogen-bond donors (Lipinski definition) is 0. The monoisotopic (exact) mass is 156 g/mol. The second-order valence-corrected chi connectivity index (χ2v) is 2.45. The minimum Gasteiger partial charge on any atom is -0.204 e. The van der Waals surface area contributed by atoms with E-state index < -0.39 is 11.7 Å². The Kier molecular flexibility index (Phi) is 2.58. The topological polar surface area (TPSA) is 0 Å². The molecule has 0 amide bonds. The van der Waals surface area contributed by atoms with E-state index in [-0.39, 0.29) is 0 Å². The average molecular weight is 156 g/mol. The molecule has 0 aromatic heterocycles. The molecule has 0 saturated heterocycles. The molecule has 0 aromatic carbocycles. The second-order valence-electron chi connectivity index (χ2n) is 2.45. The van der Waals surface area contributed by atoms with Gasteiger partial charge in [0.1, 0.15) is 0 Å². The van der Waals surface area contributed by atoms with Gasteiger partial charge in [0.15, 0.2) is 11.7 Å². The summed E-state index contributed by atoms with van der Waals surface area (Å²) in [5.74, 6) is -1.52. The molecular formula is C9H10F2. The van der Waals surface area contributed by atoms with E-state index in [0.717, 1.165) is 12.0 Å². The van der Waals surface area contributed by atoms with Crippen molar-refractivity contribution in [1.82, 2.24) is 0 Å². The van der Waals surface area contributed by atoms with Crippen LogP contribution in [0.1, 0.15) is 19.8 Å². The van der Waals surface area contributed by atoms with Crippen LogP contribution >= 0.6 is 0 Å². The van der Waals surface area contributed by atoms with Gasteiger partial charge in [0.2, 0.25) is 0 Å². The van der Waals surface area contributed by atoms with Gasteiger partial charge in [-0.2, -0.15) is 0 Å². The van der Waals surface area contributed by atoms with Gasteiger partial charge in [0, 0.05) is 0 Å². The molecule has 0 saturated carbocycles. The predicted molar refractivity (Wildman–Crippen MR) is 41.4 cm³/mol. The quantitative estimate of drug-likeness (QED) is 0.545. The fraction of sp³-hybridized carbons (Fsp3) is 0.333. The van der Waals surface area contributed by atoms with Crippen molar-refractivity contribution >= 4 is 0 Å². The molecule has 0 spiro atoms. The highest BCUT2D eigenvalue weighted by atomic mass is 19.2. The molecule has 0 unspecified atom stereocenters. The lowest BCUT2D eigenvalue weighted by molar-refractivity contribution is 0.543. The lowest BCUT2D eigenvalue weighted by Gasteiger charge is -1.94. The Morgan fingerprint density at radius 3 is 2.64 bits per heavy atom. The highest BCUT2D eigenvalue weighted by Gasteiger charge is 2.05. The molecule has 60 valence electrons. The van der Waals surface area contributed by atoms with E-state index in [9.17, 15) is 8.78 Å². The Balaban J connectivity index is 2.84. The van der Waals surface area contributed by atoms with Crippen molar-refractivity contribution in [3.05, 3.63) is 35.5 Å². The SMILES string of the molecule is CCC1=CC=C(F)C(F)=CC1. The van der Waals surface area contributed by atoms with Crippen molar-refractivity contribution in [1.29, 1.82) is 0 Å². The highest BCUT2D eigenvalue weighted by molar-refractivity contribution is 5.30. The fourth-order valence-corrected chi connectivity index (χ4v) is 0.919. The van der Waals surface area contributed by atoms with E-state index in [1.807, 2.05) is 6.92 Å². The molecule has 0 nitrogen and oxygen atoms in total. The van der Waals surface area contributed by atoms with Gasteiger partial charge >= 0.3 is 0 Å². The molecule has 0 aromatic rings. The van der Waals surface area contributed by atoms with Crippen molar-refractivity contribution in [3.63, 3.8) is 0 Å². The predicted octanol–water partition coefficient (Wildman–Crippen LogP) is 3.43. The summed E-state index contributed by atoms with van der Waals surface area (Å²) in [6, 6.07) is 0. The fourth-order valence-electron chi connectivity index (χ4n) is 0.919. The maximum Gasteiger partial charge on any atom is 0.158 e. The van der Waals surface area contributed by atoms with Crippen LogP contribution in [0.5, 0.6) is 0 Å². The molecule has 0 radical (unpaired) electrons. The van der Waals surface area contributed by atoms with Crippen LogP contribution in [0.2, 0.25) is 0 Å². The molecule has 0 atom stereocenters. The van der Waals surface area contributed by atoms with Crippen molar-refractivity contribution in [2.24, 2.45) is 0 Å². The third kappa shape index (κ3) is 2.00. The van der Waals surface area contributed by atoms with E-state index in [1.165, 1.54) is 12.2 Å². The van der Waals surface area contributed by atoms with E-state index >= 15 is 0 Å². The molecule has 1 rings (SSSR count). The Labute approximate surface area is 64.9 Å². The third-order valence-corrected chi connectivity index (χ3v) is 1.69. The minimum absolute atomic E-state index is 0.520. The largest absolute Gasteiger partial charge is 0.204 e. The summed E-state index contributed by atoms with van der Waals surface area (Å²) in [7, 11) is 0. The van der Waals surface area contributed by atoms with Gasteiger partial charge in [-0.3, -0.25) is 0 Å². The van der Waals surface area contributed by atoms with E-state index in [0.29, 0.717) is 6.42 Å². The van der Waals surface area contributed by atoms with Crippen molar-refractivity contribution in [3.8, 4) is 0 Å². The molecule has 2 heteroatoms. The number of rotatable bonds is 1.